The number of hydrogen-bond donors (Lipinski definition) is 0. The molecule has 6 heterocycles. The van der Waals surface area contributed by atoms with Crippen LogP contribution in [0.2, 0.25) is 0 Å². The molecule has 4 bridgehead atoms. The molecule has 2 aliphatic heterocycles. The van der Waals surface area contributed by atoms with Crippen molar-refractivity contribution in [2.45, 2.75) is 44.4 Å². The first-order chi connectivity index (χ1) is 25.9. The fourth-order valence-electron chi connectivity index (χ4n) is 7.69. The fourth-order valence-corrected chi connectivity index (χ4v) is 7.69. The molecule has 1 fully saturated rings. The Labute approximate surface area is 301 Å². The Morgan fingerprint density at radius 1 is 1.02 bits per heavy atom. The summed E-state index contributed by atoms with van der Waals surface area (Å²) in [6, 6.07) is 16.9. The molecule has 0 N–H and O–H groups in total. The third-order valence-electron chi connectivity index (χ3n) is 10.1. The number of halogens is 2. The predicted octanol–water partition coefficient (Wildman–Crippen LogP) is 4.53. The Hall–Kier alpha value is -6.32. The van der Waals surface area contributed by atoms with Gasteiger partial charge in [0.2, 0.25) is 5.91 Å². The highest BCUT2D eigenvalue weighted by atomic mass is 19.1. The molecule has 3 aromatic carbocycles. The summed E-state index contributed by atoms with van der Waals surface area (Å²) in [5.74, 6) is -0.373. The maximum Gasteiger partial charge on any atom is 0.245 e. The number of carbonyl (C=O) groups is 1. The Kier molecular flexibility index (Phi) is 8.20. The highest BCUT2D eigenvalue weighted by Gasteiger charge is 2.42. The number of benzene rings is 3. The van der Waals surface area contributed by atoms with Crippen molar-refractivity contribution in [1.29, 1.82) is 0 Å². The van der Waals surface area contributed by atoms with E-state index in [0.717, 1.165) is 33.8 Å². The smallest absolute Gasteiger partial charge is 0.245 e. The Morgan fingerprint density at radius 3 is 2.79 bits per heavy atom. The molecular formula is C37H34F2N12O2. The summed E-state index contributed by atoms with van der Waals surface area (Å²) >= 11 is 0. The number of aryl methyl sites for hydroxylation is 3. The number of ether oxygens (including phenoxy) is 1. The number of nitrogens with zero attached hydrogens (tertiary/aromatic N) is 12. The van der Waals surface area contributed by atoms with Crippen LogP contribution in [-0.2, 0) is 24.8 Å². The number of rotatable bonds is 6. The largest absolute Gasteiger partial charge is 0.488 e. The maximum atomic E-state index is 14.9. The third-order valence-corrected chi connectivity index (χ3v) is 10.1. The average Bonchev–Trinajstić information content (AvgIpc) is 3.97. The second-order valence-corrected chi connectivity index (χ2v) is 13.4. The van der Waals surface area contributed by atoms with Gasteiger partial charge in [0.25, 0.3) is 0 Å². The van der Waals surface area contributed by atoms with Gasteiger partial charge in [-0.1, -0.05) is 24.3 Å². The van der Waals surface area contributed by atoms with Gasteiger partial charge in [-0.3, -0.25) is 9.48 Å². The number of fused-ring (bicyclic) bond motifs is 6. The molecule has 7 aromatic rings. The number of aromatic nitrogens is 10. The molecule has 1 amide bonds. The number of carbonyl (C=O) groups excluding carboxylic acids is 1. The van der Waals surface area contributed by atoms with Gasteiger partial charge in [0.1, 0.15) is 47.9 Å². The molecule has 0 saturated carbocycles. The molecule has 2 atom stereocenters. The summed E-state index contributed by atoms with van der Waals surface area (Å²) in [7, 11) is 1.97. The second kappa shape index (κ2) is 13.3. The average molecular weight is 717 g/mol. The third kappa shape index (κ3) is 5.98. The monoisotopic (exact) mass is 716 g/mol. The van der Waals surface area contributed by atoms with Crippen molar-refractivity contribution in [3.63, 3.8) is 0 Å². The number of amides is 1. The van der Waals surface area contributed by atoms with E-state index in [-0.39, 0.29) is 17.7 Å². The normalized spacial score (nSPS) is 17.7. The quantitative estimate of drug-likeness (QED) is 0.242. The minimum absolute atomic E-state index is 0.0451. The lowest BCUT2D eigenvalue weighted by Crippen LogP contribution is -2.47. The molecule has 53 heavy (non-hydrogen) atoms. The zero-order valence-corrected chi connectivity index (χ0v) is 28.8. The van der Waals surface area contributed by atoms with Crippen molar-refractivity contribution in [3.05, 3.63) is 96.8 Å². The van der Waals surface area contributed by atoms with Crippen LogP contribution in [0.25, 0.3) is 38.8 Å². The second-order valence-electron chi connectivity index (χ2n) is 13.4. The van der Waals surface area contributed by atoms with Crippen LogP contribution < -0.4 is 9.64 Å². The van der Waals surface area contributed by atoms with Gasteiger partial charge >= 0.3 is 0 Å². The van der Waals surface area contributed by atoms with Crippen LogP contribution in [-0.4, -0.2) is 92.3 Å². The molecule has 0 spiro atoms. The van der Waals surface area contributed by atoms with Crippen LogP contribution in [0.1, 0.15) is 25.0 Å². The van der Waals surface area contributed by atoms with Gasteiger partial charge in [0.05, 0.1) is 23.6 Å². The summed E-state index contributed by atoms with van der Waals surface area (Å²) in [5, 5.41) is 22.3. The lowest BCUT2D eigenvalue weighted by Gasteiger charge is -2.31. The van der Waals surface area contributed by atoms with E-state index in [4.69, 9.17) is 9.84 Å². The first kappa shape index (κ1) is 32.6. The van der Waals surface area contributed by atoms with Crippen molar-refractivity contribution in [3.8, 4) is 22.6 Å². The van der Waals surface area contributed by atoms with E-state index in [1.54, 1.807) is 17.2 Å². The number of hydrogen-bond acceptors (Lipinski definition) is 10. The lowest BCUT2D eigenvalue weighted by molar-refractivity contribution is -0.132. The van der Waals surface area contributed by atoms with E-state index >= 15 is 0 Å². The van der Waals surface area contributed by atoms with E-state index in [0.29, 0.717) is 74.5 Å². The van der Waals surface area contributed by atoms with Gasteiger partial charge in [-0.05, 0) is 71.1 Å². The minimum atomic E-state index is -0.778. The topological polar surface area (TPSA) is 138 Å². The van der Waals surface area contributed by atoms with E-state index in [9.17, 15) is 13.6 Å². The van der Waals surface area contributed by atoms with Crippen LogP contribution in [0.4, 0.5) is 14.6 Å². The van der Waals surface area contributed by atoms with Crippen LogP contribution in [0.5, 0.6) is 5.75 Å². The molecule has 14 nitrogen and oxygen atoms in total. The maximum absolute atomic E-state index is 14.9. The minimum Gasteiger partial charge on any atom is -0.488 e. The van der Waals surface area contributed by atoms with Gasteiger partial charge in [0, 0.05) is 50.2 Å². The van der Waals surface area contributed by atoms with Crippen molar-refractivity contribution >= 4 is 33.7 Å². The zero-order chi connectivity index (χ0) is 36.1. The van der Waals surface area contributed by atoms with Crippen molar-refractivity contribution in [2.75, 3.05) is 24.5 Å². The van der Waals surface area contributed by atoms with Crippen molar-refractivity contribution in [2.24, 2.45) is 7.05 Å². The van der Waals surface area contributed by atoms with E-state index in [2.05, 4.69) is 42.7 Å². The van der Waals surface area contributed by atoms with Crippen LogP contribution in [0.15, 0.2) is 79.5 Å². The fraction of sp³-hybridized carbons (Fsp3) is 0.297. The van der Waals surface area contributed by atoms with E-state index in [1.807, 2.05) is 51.9 Å². The van der Waals surface area contributed by atoms with E-state index in [1.165, 1.54) is 23.1 Å². The summed E-state index contributed by atoms with van der Waals surface area (Å²) in [5.41, 5.74) is 4.47. The van der Waals surface area contributed by atoms with Gasteiger partial charge in [-0.25, -0.2) is 28.1 Å². The molecule has 2 aliphatic rings. The first-order valence-electron chi connectivity index (χ1n) is 17.5. The Morgan fingerprint density at radius 2 is 1.92 bits per heavy atom. The Balaban J connectivity index is 1.12. The first-order valence-corrected chi connectivity index (χ1v) is 17.5. The van der Waals surface area contributed by atoms with Crippen LogP contribution in [0.3, 0.4) is 0 Å². The van der Waals surface area contributed by atoms with Crippen LogP contribution >= 0.6 is 0 Å². The highest BCUT2D eigenvalue weighted by molar-refractivity contribution is 5.97. The predicted molar refractivity (Wildman–Crippen MR) is 190 cm³/mol. The van der Waals surface area contributed by atoms with Gasteiger partial charge in [-0.15, -0.1) is 5.10 Å². The molecule has 0 aliphatic carbocycles. The van der Waals surface area contributed by atoms with Crippen molar-refractivity contribution in [1.82, 2.24) is 54.6 Å². The number of tetrazole rings is 1. The molecular weight excluding hydrogens is 682 g/mol. The number of anilines is 1. The summed E-state index contributed by atoms with van der Waals surface area (Å²) < 4.78 is 40.3. The summed E-state index contributed by atoms with van der Waals surface area (Å²) in [6.07, 6.45) is 6.58. The molecule has 0 unspecified atom stereocenters. The molecule has 4 aromatic heterocycles. The van der Waals surface area contributed by atoms with Gasteiger partial charge in [-0.2, -0.15) is 10.2 Å². The standard InChI is InChI=1S/C37H34F2N12O2/c1-47-32-10-4-13-48(14-5-15-49-22-42-45-46-49)37(52)33-18-26(53-25-7-2-6-23(16-25)27-8-3-9-30(44-47)34(27)32)20-50(33)35-28-19-43-51(36(28)41-21-40-35)31-12-11-24(38)17-29(31)39/h2-3,6-9,11-12,16-17,19,21-22,26,33H,4-5,10,13-15,18,20H2,1H3/t26-,33-/m0/s1. The molecule has 268 valence electrons. The molecule has 16 heteroatoms. The zero-order valence-electron chi connectivity index (χ0n) is 28.8. The lowest BCUT2D eigenvalue weighted by atomic mass is 9.98. The summed E-state index contributed by atoms with van der Waals surface area (Å²) in [6.45, 7) is 1.89. The van der Waals surface area contributed by atoms with Gasteiger partial charge in [0.15, 0.2) is 11.5 Å². The highest BCUT2D eigenvalue weighted by Crippen LogP contribution is 2.36. The summed E-state index contributed by atoms with van der Waals surface area (Å²) in [4.78, 5) is 27.8. The molecule has 9 rings (SSSR count). The van der Waals surface area contributed by atoms with Crippen molar-refractivity contribution < 1.29 is 18.3 Å². The SMILES string of the molecule is Cn1nc2cccc3c2c1CCCN(CCCn1cnnn1)C(=O)[C@@H]1C[C@@H](CN1c1ncnc2c1cnn2-c1ccc(F)cc1F)Oc1cccc-3c1. The molecule has 0 radical (unpaired) electrons. The molecule has 1 saturated heterocycles. The Bertz CT molecular complexity index is 2460. The van der Waals surface area contributed by atoms with Gasteiger partial charge < -0.3 is 14.5 Å². The van der Waals surface area contributed by atoms with E-state index < -0.39 is 17.7 Å². The van der Waals surface area contributed by atoms with Crippen LogP contribution in [0, 0.1) is 11.6 Å².